The minimum atomic E-state index is -0.788. The Hall–Kier alpha value is -7.32. The number of ketones is 2. The van der Waals surface area contributed by atoms with Gasteiger partial charge in [0.15, 0.2) is 17.3 Å². The number of aryl methyl sites for hydroxylation is 2. The number of nitrogens with zero attached hydrogens (tertiary/aromatic N) is 2. The smallest absolute Gasteiger partial charge is 0.258 e. The van der Waals surface area contributed by atoms with Crippen molar-refractivity contribution in [2.75, 3.05) is 28.8 Å². The number of methoxy groups -OCH3 is 1. The van der Waals surface area contributed by atoms with Gasteiger partial charge in [-0.15, -0.1) is 0 Å². The number of rotatable bonds is 18. The van der Waals surface area contributed by atoms with Crippen LogP contribution in [-0.2, 0) is 58.1 Å². The normalized spacial score (nSPS) is 17.5. The van der Waals surface area contributed by atoms with E-state index in [1.165, 1.54) is 12.7 Å². The molecule has 0 fully saturated rings. The molecule has 380 valence electrons. The van der Waals surface area contributed by atoms with Crippen LogP contribution in [0.4, 0.5) is 17.1 Å². The number of hydrogen-bond acceptors (Lipinski definition) is 10. The number of nitrogens with one attached hydrogen (secondary N) is 2. The Kier molecular flexibility index (Phi) is 14.8. The van der Waals surface area contributed by atoms with Gasteiger partial charge in [0.25, 0.3) is 11.8 Å². The lowest BCUT2D eigenvalue weighted by molar-refractivity contribution is -0.127. The zero-order valence-electron chi connectivity index (χ0n) is 42.3. The summed E-state index contributed by atoms with van der Waals surface area (Å²) in [4.78, 5) is 82.8. The van der Waals surface area contributed by atoms with E-state index < -0.39 is 17.9 Å². The number of carbonyl (C=O) groups is 6. The summed E-state index contributed by atoms with van der Waals surface area (Å²) in [6.45, 7) is 7.93. The zero-order valence-corrected chi connectivity index (χ0v) is 42.3. The van der Waals surface area contributed by atoms with Crippen LogP contribution in [0.2, 0.25) is 0 Å². The van der Waals surface area contributed by atoms with Crippen molar-refractivity contribution in [3.63, 3.8) is 0 Å². The molecule has 0 saturated heterocycles. The lowest BCUT2D eigenvalue weighted by Gasteiger charge is -2.26. The third-order valence-electron chi connectivity index (χ3n) is 14.4. The first-order valence-electron chi connectivity index (χ1n) is 25.4. The number of fused-ring (bicyclic) bond motifs is 8. The van der Waals surface area contributed by atoms with Gasteiger partial charge in [-0.05, 0) is 138 Å². The van der Waals surface area contributed by atoms with Crippen molar-refractivity contribution in [1.82, 2.24) is 5.32 Å². The molecule has 4 aliphatic heterocycles. The fraction of sp³-hybridized carbons (Fsp3) is 0.390. The Morgan fingerprint density at radius 2 is 1.27 bits per heavy atom. The summed E-state index contributed by atoms with van der Waals surface area (Å²) in [5.74, 6) is 0.0591. The Morgan fingerprint density at radius 1 is 0.658 bits per heavy atom. The van der Waals surface area contributed by atoms with E-state index in [1.54, 1.807) is 23.1 Å². The van der Waals surface area contributed by atoms with E-state index in [2.05, 4.69) is 37.5 Å². The molecule has 5 aromatic carbocycles. The first-order valence-corrected chi connectivity index (χ1v) is 25.4. The first kappa shape index (κ1) is 50.6. The first-order chi connectivity index (χ1) is 35.0. The average Bonchev–Trinajstić information content (AvgIpc) is 3.89. The molecule has 0 radical (unpaired) electrons. The van der Waals surface area contributed by atoms with Crippen molar-refractivity contribution in [3.05, 3.63) is 141 Å². The second-order valence-electron chi connectivity index (χ2n) is 21.1. The second kappa shape index (κ2) is 21.4. The third-order valence-corrected chi connectivity index (χ3v) is 14.4. The number of carbonyl (C=O) groups excluding carboxylic acids is 6. The highest BCUT2D eigenvalue weighted by Gasteiger charge is 2.42. The highest BCUT2D eigenvalue weighted by Crippen LogP contribution is 2.42. The fourth-order valence-electron chi connectivity index (χ4n) is 10.5. The standard InChI is InChI=1S/C59H64N4O10/c1-35-22-46-41(28-51(66)50-27-40-11-7-9-13-49(40)63(50)58(46)70)30-52(35)72-33-36-23-37(25-42(24-36)61-56(68)19-17-45(65)32-60-55(67)18-16-44(64)20-21-59(2,3)4)34-73-54-29-38-14-15-43-26-39-10-6-8-12-48(39)62(43)57(69)47(38)31-53(54)71-5/h6-13,22-25,29-31,43,50-51,66H,14-21,26-28,32-34H2,1-5H3,(H,60,67)(H,61,68)/t43-,50+,51?/m1/s1. The fourth-order valence-corrected chi connectivity index (χ4v) is 10.5. The largest absolute Gasteiger partial charge is 0.493 e. The van der Waals surface area contributed by atoms with Crippen molar-refractivity contribution >= 4 is 52.3 Å². The summed E-state index contributed by atoms with van der Waals surface area (Å²) in [6, 6.07) is 28.2. The Labute approximate surface area is 426 Å². The van der Waals surface area contributed by atoms with E-state index in [0.717, 1.165) is 47.3 Å². The number of aliphatic hydroxyl groups excluding tert-OH is 1. The van der Waals surface area contributed by atoms with Gasteiger partial charge < -0.3 is 39.8 Å². The third kappa shape index (κ3) is 11.5. The molecule has 9 rings (SSSR count). The SMILES string of the molecule is COc1cc2c(cc1OCc1cc(COc3cc4c(cc3C)C(=O)N3c5ccccc5C[C@H]3C(O)C4)cc(NC(=O)CCC(=O)CNC(=O)CCC(=O)CCC(C)(C)C)c1)CC[C@@H]1Cc3ccccc3N1C2=O. The summed E-state index contributed by atoms with van der Waals surface area (Å²) < 4.78 is 18.7. The molecule has 4 heterocycles. The average molecular weight is 989 g/mol. The summed E-state index contributed by atoms with van der Waals surface area (Å²) in [5.41, 5.74) is 9.19. The quantitative estimate of drug-likeness (QED) is 0.0768. The van der Waals surface area contributed by atoms with Crippen molar-refractivity contribution in [1.29, 1.82) is 0 Å². The van der Waals surface area contributed by atoms with Crippen LogP contribution in [0.5, 0.6) is 17.2 Å². The van der Waals surface area contributed by atoms with Gasteiger partial charge in [-0.3, -0.25) is 28.8 Å². The van der Waals surface area contributed by atoms with Gasteiger partial charge in [0.05, 0.1) is 25.8 Å². The van der Waals surface area contributed by atoms with Crippen LogP contribution >= 0.6 is 0 Å². The number of benzene rings is 5. The van der Waals surface area contributed by atoms with Crippen molar-refractivity contribution in [2.24, 2.45) is 5.41 Å². The number of Topliss-reactive ketones (excluding diaryl/α,β-unsaturated/α-hetero) is 2. The molecule has 0 aliphatic carbocycles. The summed E-state index contributed by atoms with van der Waals surface area (Å²) in [5, 5.41) is 17.0. The lowest BCUT2D eigenvalue weighted by Crippen LogP contribution is -2.43. The maximum Gasteiger partial charge on any atom is 0.258 e. The predicted molar refractivity (Wildman–Crippen MR) is 278 cm³/mol. The monoisotopic (exact) mass is 988 g/mol. The van der Waals surface area contributed by atoms with Gasteiger partial charge in [0.2, 0.25) is 11.8 Å². The van der Waals surface area contributed by atoms with Crippen LogP contribution in [-0.4, -0.2) is 72.1 Å². The molecular formula is C59H64N4O10. The summed E-state index contributed by atoms with van der Waals surface area (Å²) in [6.07, 6.45) is 3.32. The molecule has 0 aromatic heterocycles. The predicted octanol–water partition coefficient (Wildman–Crippen LogP) is 8.75. The molecule has 5 aromatic rings. The molecule has 3 atom stereocenters. The Morgan fingerprint density at radius 3 is 1.99 bits per heavy atom. The minimum absolute atomic E-state index is 0.000165. The van der Waals surface area contributed by atoms with E-state index in [1.807, 2.05) is 78.6 Å². The van der Waals surface area contributed by atoms with Crippen molar-refractivity contribution < 1.29 is 48.1 Å². The molecule has 14 heteroatoms. The summed E-state index contributed by atoms with van der Waals surface area (Å²) in [7, 11) is 1.54. The highest BCUT2D eigenvalue weighted by molar-refractivity contribution is 6.10. The van der Waals surface area contributed by atoms with Gasteiger partial charge in [0, 0.05) is 72.8 Å². The highest BCUT2D eigenvalue weighted by atomic mass is 16.5. The van der Waals surface area contributed by atoms with Crippen molar-refractivity contribution in [3.8, 4) is 17.2 Å². The Bertz CT molecular complexity index is 2990. The van der Waals surface area contributed by atoms with E-state index >= 15 is 0 Å². The van der Waals surface area contributed by atoms with Crippen molar-refractivity contribution in [2.45, 2.75) is 130 Å². The van der Waals surface area contributed by atoms with Gasteiger partial charge in [0.1, 0.15) is 24.7 Å². The van der Waals surface area contributed by atoms with E-state index in [-0.39, 0.29) is 92.7 Å². The molecule has 0 saturated carbocycles. The van der Waals surface area contributed by atoms with E-state index in [0.29, 0.717) is 70.0 Å². The Balaban J connectivity index is 0.897. The van der Waals surface area contributed by atoms with Crippen LogP contribution in [0.15, 0.2) is 91.0 Å². The molecule has 0 spiro atoms. The number of hydrogen-bond donors (Lipinski definition) is 3. The lowest BCUT2D eigenvalue weighted by atomic mass is 9.89. The molecule has 73 heavy (non-hydrogen) atoms. The topological polar surface area (TPSA) is 181 Å². The maximum atomic E-state index is 14.1. The zero-order chi connectivity index (χ0) is 51.6. The molecule has 3 N–H and O–H groups in total. The molecular weight excluding hydrogens is 925 g/mol. The van der Waals surface area contributed by atoms with Gasteiger partial charge >= 0.3 is 0 Å². The second-order valence-corrected chi connectivity index (χ2v) is 21.1. The maximum absolute atomic E-state index is 14.1. The minimum Gasteiger partial charge on any atom is -0.493 e. The number of anilines is 3. The van der Waals surface area contributed by atoms with Crippen LogP contribution < -0.4 is 34.6 Å². The number of aliphatic hydroxyl groups is 1. The summed E-state index contributed by atoms with van der Waals surface area (Å²) >= 11 is 0. The molecule has 4 aliphatic rings. The van der Waals surface area contributed by atoms with Gasteiger partial charge in [-0.2, -0.15) is 0 Å². The number of ether oxygens (including phenoxy) is 3. The molecule has 4 amide bonds. The van der Waals surface area contributed by atoms with E-state index in [9.17, 15) is 33.9 Å². The van der Waals surface area contributed by atoms with Crippen LogP contribution in [0, 0.1) is 12.3 Å². The number of amides is 4. The van der Waals surface area contributed by atoms with Crippen LogP contribution in [0.1, 0.15) is 125 Å². The van der Waals surface area contributed by atoms with Crippen LogP contribution in [0.25, 0.3) is 0 Å². The van der Waals surface area contributed by atoms with E-state index in [4.69, 9.17) is 14.2 Å². The molecule has 14 nitrogen and oxygen atoms in total. The van der Waals surface area contributed by atoms with Gasteiger partial charge in [-0.1, -0.05) is 57.2 Å². The molecule has 0 bridgehead atoms. The molecule has 1 unspecified atom stereocenters. The van der Waals surface area contributed by atoms with Crippen LogP contribution in [0.3, 0.4) is 0 Å². The van der Waals surface area contributed by atoms with Gasteiger partial charge in [-0.25, -0.2) is 0 Å². The number of para-hydroxylation sites is 2.